The van der Waals surface area contributed by atoms with Gasteiger partial charge in [0, 0.05) is 6.42 Å². The van der Waals surface area contributed by atoms with Gasteiger partial charge < -0.3 is 4.74 Å². The molecule has 0 bridgehead atoms. The Morgan fingerprint density at radius 2 is 0.771 bits per heavy atom. The molecule has 0 aliphatic carbocycles. The van der Waals surface area contributed by atoms with Gasteiger partial charge in [-0.3, -0.25) is 4.79 Å². The van der Waals surface area contributed by atoms with E-state index in [2.05, 4.69) is 27.4 Å². The summed E-state index contributed by atoms with van der Waals surface area (Å²) in [5.74, 6) is -0.145. The van der Waals surface area contributed by atoms with Crippen molar-refractivity contribution in [2.45, 2.75) is 188 Å². The molecule has 0 rings (SSSR count). The highest BCUT2D eigenvalue weighted by atomic mass is 16.5. The van der Waals surface area contributed by atoms with Crippen LogP contribution >= 0.6 is 0 Å². The second-order valence-corrected chi connectivity index (χ2v) is 12.2. The molecule has 2 nitrogen and oxygen atoms in total. The number of carbonyl (C=O) groups is 1. The van der Waals surface area contributed by atoms with E-state index in [1.165, 1.54) is 154 Å². The van der Waals surface area contributed by atoms with Crippen molar-refractivity contribution in [1.29, 1.82) is 0 Å². The van der Waals surface area contributed by atoms with Crippen molar-refractivity contribution in [2.24, 2.45) is 5.41 Å². The molecule has 208 valence electrons. The van der Waals surface area contributed by atoms with Crippen LogP contribution in [0.4, 0.5) is 0 Å². The summed E-state index contributed by atoms with van der Waals surface area (Å²) in [5, 5.41) is 0. The summed E-state index contributed by atoms with van der Waals surface area (Å²) in [7, 11) is 0. The SMILES string of the molecule is C=COC(=O)CCCCCCCCCCCCCCCCCCCCCCCCCCC(C)(C)C. The summed E-state index contributed by atoms with van der Waals surface area (Å²) in [5.41, 5.74) is 0.523. The zero-order valence-corrected chi connectivity index (χ0v) is 24.5. The van der Waals surface area contributed by atoms with E-state index >= 15 is 0 Å². The summed E-state index contributed by atoms with van der Waals surface area (Å²) in [6, 6.07) is 0. The number of hydrogen-bond acceptors (Lipinski definition) is 2. The van der Waals surface area contributed by atoms with Gasteiger partial charge in [0.2, 0.25) is 0 Å². The molecule has 0 aromatic heterocycles. The van der Waals surface area contributed by atoms with Crippen LogP contribution in [0, 0.1) is 5.41 Å². The van der Waals surface area contributed by atoms with Crippen molar-refractivity contribution in [3.8, 4) is 0 Å². The second-order valence-electron chi connectivity index (χ2n) is 12.2. The molecule has 0 aliphatic heterocycles. The standard InChI is InChI=1S/C33H64O2/c1-5-35-32(34)30-28-26-24-22-20-18-16-14-12-10-8-6-7-9-11-13-15-17-19-21-23-25-27-29-31-33(2,3)4/h5H,1,6-31H2,2-4H3. The summed E-state index contributed by atoms with van der Waals surface area (Å²) < 4.78 is 4.73. The Morgan fingerprint density at radius 3 is 1.03 bits per heavy atom. The van der Waals surface area contributed by atoms with Crippen LogP contribution in [0.15, 0.2) is 12.8 Å². The van der Waals surface area contributed by atoms with E-state index in [1.807, 2.05) is 0 Å². The van der Waals surface area contributed by atoms with Crippen LogP contribution in [0.3, 0.4) is 0 Å². The lowest BCUT2D eigenvalue weighted by Crippen LogP contribution is -2.03. The highest BCUT2D eigenvalue weighted by molar-refractivity contribution is 5.69. The molecule has 35 heavy (non-hydrogen) atoms. The first-order valence-electron chi connectivity index (χ1n) is 15.8. The van der Waals surface area contributed by atoms with E-state index in [0.717, 1.165) is 12.8 Å². The number of ether oxygens (including phenoxy) is 1. The molecule has 0 radical (unpaired) electrons. The van der Waals surface area contributed by atoms with Gasteiger partial charge in [-0.05, 0) is 18.3 Å². The Hall–Kier alpha value is -0.790. The predicted octanol–water partition coefficient (Wildman–Crippen LogP) is 11.9. The summed E-state index contributed by atoms with van der Waals surface area (Å²) >= 11 is 0. The largest absolute Gasteiger partial charge is 0.435 e. The van der Waals surface area contributed by atoms with Crippen LogP contribution in [0.1, 0.15) is 188 Å². The lowest BCUT2D eigenvalue weighted by atomic mass is 9.89. The number of esters is 1. The minimum atomic E-state index is -0.145. The van der Waals surface area contributed by atoms with Gasteiger partial charge >= 0.3 is 5.97 Å². The quantitative estimate of drug-likeness (QED) is 0.0647. The summed E-state index contributed by atoms with van der Waals surface area (Å²) in [6.07, 6.45) is 36.6. The van der Waals surface area contributed by atoms with Crippen LogP contribution in [-0.2, 0) is 9.53 Å². The van der Waals surface area contributed by atoms with Gasteiger partial charge in [-0.2, -0.15) is 0 Å². The molecule has 0 aromatic rings. The molecular weight excluding hydrogens is 428 g/mol. The smallest absolute Gasteiger partial charge is 0.310 e. The number of hydrogen-bond donors (Lipinski definition) is 0. The predicted molar refractivity (Wildman–Crippen MR) is 156 cm³/mol. The van der Waals surface area contributed by atoms with E-state index in [9.17, 15) is 4.79 Å². The molecule has 0 aromatic carbocycles. The van der Waals surface area contributed by atoms with Crippen molar-refractivity contribution in [3.63, 3.8) is 0 Å². The molecule has 0 N–H and O–H groups in total. The van der Waals surface area contributed by atoms with Crippen molar-refractivity contribution >= 4 is 5.97 Å². The molecule has 0 atom stereocenters. The Labute approximate surface area is 221 Å². The molecule has 0 amide bonds. The molecule has 0 spiro atoms. The normalized spacial score (nSPS) is 11.6. The van der Waals surface area contributed by atoms with E-state index in [0.29, 0.717) is 11.8 Å². The van der Waals surface area contributed by atoms with Gasteiger partial charge in [-0.1, -0.05) is 175 Å². The van der Waals surface area contributed by atoms with Crippen LogP contribution in [0.5, 0.6) is 0 Å². The van der Waals surface area contributed by atoms with Crippen molar-refractivity contribution in [3.05, 3.63) is 12.8 Å². The summed E-state index contributed by atoms with van der Waals surface area (Å²) in [6.45, 7) is 10.5. The maximum atomic E-state index is 11.2. The highest BCUT2D eigenvalue weighted by Gasteiger charge is 2.08. The van der Waals surface area contributed by atoms with Crippen LogP contribution in [0.2, 0.25) is 0 Å². The zero-order chi connectivity index (χ0) is 25.9. The van der Waals surface area contributed by atoms with Gasteiger partial charge in [0.15, 0.2) is 0 Å². The molecular formula is C33H64O2. The third-order valence-electron chi connectivity index (χ3n) is 7.27. The van der Waals surface area contributed by atoms with Crippen LogP contribution in [-0.4, -0.2) is 5.97 Å². The fourth-order valence-corrected chi connectivity index (χ4v) is 4.97. The van der Waals surface area contributed by atoms with E-state index in [4.69, 9.17) is 4.74 Å². The topological polar surface area (TPSA) is 26.3 Å². The molecule has 0 saturated heterocycles. The molecule has 0 saturated carbocycles. The fourth-order valence-electron chi connectivity index (χ4n) is 4.97. The number of unbranched alkanes of at least 4 members (excludes halogenated alkanes) is 23. The first-order valence-corrected chi connectivity index (χ1v) is 15.8. The van der Waals surface area contributed by atoms with Crippen molar-refractivity contribution in [1.82, 2.24) is 0 Å². The minimum Gasteiger partial charge on any atom is -0.435 e. The Balaban J connectivity index is 3.08. The molecule has 2 heteroatoms. The average Bonchev–Trinajstić information content (AvgIpc) is 2.80. The highest BCUT2D eigenvalue weighted by Crippen LogP contribution is 2.23. The molecule has 0 aliphatic rings. The van der Waals surface area contributed by atoms with E-state index < -0.39 is 0 Å². The molecule has 0 fully saturated rings. The minimum absolute atomic E-state index is 0.145. The monoisotopic (exact) mass is 492 g/mol. The summed E-state index contributed by atoms with van der Waals surface area (Å²) in [4.78, 5) is 11.2. The van der Waals surface area contributed by atoms with Crippen molar-refractivity contribution in [2.75, 3.05) is 0 Å². The van der Waals surface area contributed by atoms with E-state index in [-0.39, 0.29) is 5.97 Å². The molecule has 0 heterocycles. The number of carbonyl (C=O) groups excluding carboxylic acids is 1. The number of rotatable bonds is 27. The van der Waals surface area contributed by atoms with Gasteiger partial charge in [0.25, 0.3) is 0 Å². The third kappa shape index (κ3) is 31.2. The fraction of sp³-hybridized carbons (Fsp3) is 0.909. The van der Waals surface area contributed by atoms with Crippen molar-refractivity contribution < 1.29 is 9.53 Å². The Kier molecular flexibility index (Phi) is 25.7. The third-order valence-corrected chi connectivity index (χ3v) is 7.27. The Bertz CT molecular complexity index is 449. The lowest BCUT2D eigenvalue weighted by molar-refractivity contribution is -0.138. The van der Waals surface area contributed by atoms with E-state index in [1.54, 1.807) is 0 Å². The Morgan fingerprint density at radius 1 is 0.514 bits per heavy atom. The van der Waals surface area contributed by atoms with Gasteiger partial charge in [-0.15, -0.1) is 0 Å². The van der Waals surface area contributed by atoms with Crippen LogP contribution < -0.4 is 0 Å². The van der Waals surface area contributed by atoms with Gasteiger partial charge in [0.05, 0.1) is 6.26 Å². The van der Waals surface area contributed by atoms with Crippen LogP contribution in [0.25, 0.3) is 0 Å². The van der Waals surface area contributed by atoms with Gasteiger partial charge in [0.1, 0.15) is 0 Å². The lowest BCUT2D eigenvalue weighted by Gasteiger charge is -2.17. The maximum absolute atomic E-state index is 11.2. The first-order chi connectivity index (χ1) is 17.0. The molecule has 0 unspecified atom stereocenters. The maximum Gasteiger partial charge on any atom is 0.310 e. The average molecular weight is 493 g/mol. The second kappa shape index (κ2) is 26.3. The zero-order valence-electron chi connectivity index (χ0n) is 24.5. The first kappa shape index (κ1) is 34.2. The van der Waals surface area contributed by atoms with Gasteiger partial charge in [-0.25, -0.2) is 0 Å².